The minimum atomic E-state index is -0.842. The van der Waals surface area contributed by atoms with Crippen molar-refractivity contribution in [3.63, 3.8) is 0 Å². The van der Waals surface area contributed by atoms with Gasteiger partial charge in [0, 0.05) is 11.8 Å². The van der Waals surface area contributed by atoms with E-state index in [4.69, 9.17) is 14.2 Å². The number of fused-ring (bicyclic) bond motifs is 1. The molecule has 1 amide bonds. The Morgan fingerprint density at radius 3 is 2.61 bits per heavy atom. The van der Waals surface area contributed by atoms with Gasteiger partial charge in [-0.1, -0.05) is 18.2 Å². The Bertz CT molecular complexity index is 929. The van der Waals surface area contributed by atoms with Crippen molar-refractivity contribution in [1.29, 1.82) is 0 Å². The van der Waals surface area contributed by atoms with Crippen molar-refractivity contribution in [2.75, 3.05) is 11.9 Å². The van der Waals surface area contributed by atoms with Gasteiger partial charge in [-0.05, 0) is 32.0 Å². The summed E-state index contributed by atoms with van der Waals surface area (Å²) in [7, 11) is 0. The summed E-state index contributed by atoms with van der Waals surface area (Å²) < 4.78 is 18.7. The first-order valence-electron chi connectivity index (χ1n) is 8.95. The standard InChI is InChI=1S/C19H21N3O6/c1-19(2)27-14-12(10-23)26-17(15(14)28-19)22-9-8-13(21-18(22)25)20-16(24)11-6-4-3-5-7-11/h3-9,12,14-15,17,23H,10H2,1-2H3,(H,20,21,24,25)/t12-,14-,15+,17-/m0/s1. The topological polar surface area (TPSA) is 112 Å². The lowest BCUT2D eigenvalue weighted by Gasteiger charge is -2.24. The highest BCUT2D eigenvalue weighted by Gasteiger charge is 2.55. The summed E-state index contributed by atoms with van der Waals surface area (Å²) in [6, 6.07) is 10.1. The molecule has 0 spiro atoms. The molecule has 2 saturated heterocycles. The summed E-state index contributed by atoms with van der Waals surface area (Å²) in [4.78, 5) is 28.7. The number of ether oxygens (including phenoxy) is 3. The Morgan fingerprint density at radius 2 is 1.93 bits per heavy atom. The highest BCUT2D eigenvalue weighted by atomic mass is 16.8. The maximum Gasteiger partial charge on any atom is 0.351 e. The van der Waals surface area contributed by atoms with Crippen molar-refractivity contribution in [2.45, 2.75) is 44.2 Å². The van der Waals surface area contributed by atoms with Crippen molar-refractivity contribution >= 4 is 11.7 Å². The van der Waals surface area contributed by atoms with Gasteiger partial charge in [-0.25, -0.2) is 4.79 Å². The summed E-state index contributed by atoms with van der Waals surface area (Å²) in [6.07, 6.45) is -0.971. The lowest BCUT2D eigenvalue weighted by Crippen LogP contribution is -2.35. The minimum absolute atomic E-state index is 0.132. The van der Waals surface area contributed by atoms with Crippen LogP contribution in [0.1, 0.15) is 30.4 Å². The first-order valence-corrected chi connectivity index (χ1v) is 8.95. The van der Waals surface area contributed by atoms with Crippen LogP contribution in [0.2, 0.25) is 0 Å². The van der Waals surface area contributed by atoms with E-state index in [1.165, 1.54) is 16.8 Å². The molecule has 0 saturated carbocycles. The fourth-order valence-electron chi connectivity index (χ4n) is 3.48. The molecule has 4 atom stereocenters. The fourth-order valence-corrected chi connectivity index (χ4v) is 3.48. The fraction of sp³-hybridized carbons (Fsp3) is 0.421. The molecular formula is C19H21N3O6. The molecule has 2 fully saturated rings. The number of benzene rings is 1. The second-order valence-electron chi connectivity index (χ2n) is 7.14. The van der Waals surface area contributed by atoms with Crippen LogP contribution in [-0.4, -0.2) is 51.3 Å². The highest BCUT2D eigenvalue weighted by Crippen LogP contribution is 2.42. The van der Waals surface area contributed by atoms with Crippen molar-refractivity contribution in [1.82, 2.24) is 9.55 Å². The zero-order valence-corrected chi connectivity index (χ0v) is 15.4. The third-order valence-electron chi connectivity index (χ3n) is 4.69. The lowest BCUT2D eigenvalue weighted by molar-refractivity contribution is -0.200. The number of hydrogen-bond donors (Lipinski definition) is 2. The molecule has 1 aromatic heterocycles. The number of anilines is 1. The van der Waals surface area contributed by atoms with E-state index >= 15 is 0 Å². The van der Waals surface area contributed by atoms with Gasteiger partial charge in [0.2, 0.25) is 0 Å². The number of rotatable bonds is 4. The zero-order valence-electron chi connectivity index (χ0n) is 15.4. The predicted molar refractivity (Wildman–Crippen MR) is 97.7 cm³/mol. The van der Waals surface area contributed by atoms with Crippen LogP contribution >= 0.6 is 0 Å². The van der Waals surface area contributed by atoms with E-state index in [0.717, 1.165) is 0 Å². The van der Waals surface area contributed by atoms with E-state index in [0.29, 0.717) is 5.56 Å². The largest absolute Gasteiger partial charge is 0.394 e. The monoisotopic (exact) mass is 387 g/mol. The molecule has 0 bridgehead atoms. The van der Waals surface area contributed by atoms with E-state index in [2.05, 4.69) is 10.3 Å². The van der Waals surface area contributed by atoms with Crippen LogP contribution in [0, 0.1) is 0 Å². The van der Waals surface area contributed by atoms with Crippen molar-refractivity contribution in [3.05, 3.63) is 58.6 Å². The van der Waals surface area contributed by atoms with E-state index in [9.17, 15) is 14.7 Å². The second-order valence-corrected chi connectivity index (χ2v) is 7.14. The van der Waals surface area contributed by atoms with Crippen LogP contribution < -0.4 is 11.0 Å². The molecule has 2 aliphatic rings. The third-order valence-corrected chi connectivity index (χ3v) is 4.69. The van der Waals surface area contributed by atoms with Gasteiger partial charge in [0.15, 0.2) is 12.0 Å². The number of aromatic nitrogens is 2. The molecule has 1 aromatic carbocycles. The average Bonchev–Trinajstić information content (AvgIpc) is 3.15. The van der Waals surface area contributed by atoms with E-state index in [1.54, 1.807) is 44.2 Å². The molecule has 9 nitrogen and oxygen atoms in total. The molecule has 3 heterocycles. The van der Waals surface area contributed by atoms with Crippen LogP contribution in [-0.2, 0) is 14.2 Å². The van der Waals surface area contributed by atoms with Gasteiger partial charge in [0.25, 0.3) is 5.91 Å². The number of hydrogen-bond acceptors (Lipinski definition) is 7. The van der Waals surface area contributed by atoms with E-state index in [1.807, 2.05) is 0 Å². The maximum absolute atomic E-state index is 12.6. The lowest BCUT2D eigenvalue weighted by atomic mass is 10.1. The van der Waals surface area contributed by atoms with Crippen LogP contribution in [0.5, 0.6) is 0 Å². The molecule has 28 heavy (non-hydrogen) atoms. The van der Waals surface area contributed by atoms with Crippen LogP contribution in [0.15, 0.2) is 47.4 Å². The normalized spacial score (nSPS) is 28.1. The number of aliphatic hydroxyl groups excluding tert-OH is 1. The van der Waals surface area contributed by atoms with Crippen LogP contribution in [0.3, 0.4) is 0 Å². The van der Waals surface area contributed by atoms with Gasteiger partial charge in [-0.15, -0.1) is 0 Å². The minimum Gasteiger partial charge on any atom is -0.394 e. The summed E-state index contributed by atoms with van der Waals surface area (Å²) >= 11 is 0. The van der Waals surface area contributed by atoms with Gasteiger partial charge in [-0.2, -0.15) is 4.98 Å². The Morgan fingerprint density at radius 1 is 1.21 bits per heavy atom. The molecule has 0 unspecified atom stereocenters. The SMILES string of the molecule is CC1(C)O[C@@H]2[C@@H](O1)[C@@H](n1ccc(NC(=O)c3ccccc3)nc1=O)O[C@H]2CO. The summed E-state index contributed by atoms with van der Waals surface area (Å²) in [5, 5.41) is 12.2. The van der Waals surface area contributed by atoms with E-state index in [-0.39, 0.29) is 18.3 Å². The maximum atomic E-state index is 12.6. The summed E-state index contributed by atoms with van der Waals surface area (Å²) in [5.74, 6) is -1.07. The first kappa shape index (κ1) is 18.8. The molecule has 2 N–H and O–H groups in total. The molecule has 4 rings (SSSR count). The molecular weight excluding hydrogens is 366 g/mol. The van der Waals surface area contributed by atoms with Crippen LogP contribution in [0.4, 0.5) is 5.82 Å². The van der Waals surface area contributed by atoms with Crippen molar-refractivity contribution in [2.24, 2.45) is 0 Å². The quantitative estimate of drug-likeness (QED) is 0.802. The van der Waals surface area contributed by atoms with Gasteiger partial charge in [0.1, 0.15) is 24.1 Å². The average molecular weight is 387 g/mol. The summed E-state index contributed by atoms with van der Waals surface area (Å²) in [6.45, 7) is 3.27. The molecule has 148 valence electrons. The van der Waals surface area contributed by atoms with Crippen molar-refractivity contribution < 1.29 is 24.1 Å². The Balaban J connectivity index is 1.55. The van der Waals surface area contributed by atoms with Crippen molar-refractivity contribution in [3.8, 4) is 0 Å². The molecule has 0 aliphatic carbocycles. The molecule has 2 aromatic rings. The summed E-state index contributed by atoms with van der Waals surface area (Å²) in [5.41, 5.74) is -0.151. The van der Waals surface area contributed by atoms with Gasteiger partial charge >= 0.3 is 5.69 Å². The smallest absolute Gasteiger partial charge is 0.351 e. The molecule has 0 radical (unpaired) electrons. The van der Waals surface area contributed by atoms with Gasteiger partial charge < -0.3 is 24.6 Å². The predicted octanol–water partition coefficient (Wildman–Crippen LogP) is 0.905. The number of nitrogens with zero attached hydrogens (tertiary/aromatic N) is 2. The highest BCUT2D eigenvalue weighted by molar-refractivity contribution is 6.03. The Hall–Kier alpha value is -2.59. The Kier molecular flexibility index (Phi) is 4.76. The number of amides is 1. The second kappa shape index (κ2) is 7.10. The first-order chi connectivity index (χ1) is 13.4. The molecule has 2 aliphatic heterocycles. The number of carbonyl (C=O) groups excluding carboxylic acids is 1. The third kappa shape index (κ3) is 3.45. The number of aliphatic hydroxyl groups is 1. The Labute approximate surface area is 160 Å². The zero-order chi connectivity index (χ0) is 19.9. The van der Waals surface area contributed by atoms with Gasteiger partial charge in [0.05, 0.1) is 6.61 Å². The number of nitrogens with one attached hydrogen (secondary N) is 1. The number of carbonyl (C=O) groups is 1. The van der Waals surface area contributed by atoms with Gasteiger partial charge in [-0.3, -0.25) is 9.36 Å². The van der Waals surface area contributed by atoms with E-state index < -0.39 is 36.0 Å². The molecule has 9 heteroatoms. The van der Waals surface area contributed by atoms with Crippen LogP contribution in [0.25, 0.3) is 0 Å².